The van der Waals surface area contributed by atoms with E-state index in [4.69, 9.17) is 0 Å². The van der Waals surface area contributed by atoms with Crippen molar-refractivity contribution in [2.75, 3.05) is 11.9 Å². The normalized spacial score (nSPS) is 18.0. The lowest BCUT2D eigenvalue weighted by atomic mass is 9.92. The van der Waals surface area contributed by atoms with Crippen LogP contribution in [0.5, 0.6) is 0 Å². The van der Waals surface area contributed by atoms with Gasteiger partial charge in [0.2, 0.25) is 5.91 Å². The van der Waals surface area contributed by atoms with Crippen LogP contribution in [0.2, 0.25) is 0 Å². The molecule has 0 spiro atoms. The van der Waals surface area contributed by atoms with Gasteiger partial charge in [0, 0.05) is 24.2 Å². The van der Waals surface area contributed by atoms with E-state index < -0.39 is 17.5 Å². The molecular weight excluding hydrogens is 372 g/mol. The van der Waals surface area contributed by atoms with Crippen molar-refractivity contribution in [1.29, 1.82) is 0 Å². The number of aryl methyl sites for hydroxylation is 1. The van der Waals surface area contributed by atoms with Crippen LogP contribution >= 0.6 is 0 Å². The minimum absolute atomic E-state index is 0.0936. The average molecular weight is 394 g/mol. The summed E-state index contributed by atoms with van der Waals surface area (Å²) in [6.07, 6.45) is 0.0936. The van der Waals surface area contributed by atoms with Crippen LogP contribution in [0.3, 0.4) is 0 Å². The number of hydrogen-bond acceptors (Lipinski definition) is 4. The van der Waals surface area contributed by atoms with Gasteiger partial charge in [0.05, 0.1) is 0 Å². The fourth-order valence-corrected chi connectivity index (χ4v) is 3.09. The van der Waals surface area contributed by atoms with E-state index in [1.807, 2.05) is 19.1 Å². The molecule has 2 aromatic carbocycles. The summed E-state index contributed by atoms with van der Waals surface area (Å²) in [4.78, 5) is 47.9. The molecule has 1 heterocycles. The number of nitrogens with one attached hydrogen (secondary N) is 4. The van der Waals surface area contributed by atoms with E-state index in [-0.39, 0.29) is 24.8 Å². The number of benzene rings is 2. The second kappa shape index (κ2) is 8.14. The number of urea groups is 1. The van der Waals surface area contributed by atoms with Gasteiger partial charge in [-0.15, -0.1) is 0 Å². The molecule has 1 unspecified atom stereocenters. The highest BCUT2D eigenvalue weighted by atomic mass is 16.2. The molecule has 5 amide bonds. The summed E-state index contributed by atoms with van der Waals surface area (Å²) in [7, 11) is 0. The number of rotatable bonds is 6. The molecule has 1 aliphatic heterocycles. The Bertz CT molecular complexity index is 988. The van der Waals surface area contributed by atoms with E-state index in [1.54, 1.807) is 43.3 Å². The third-order valence-corrected chi connectivity index (χ3v) is 4.80. The van der Waals surface area contributed by atoms with Crippen molar-refractivity contribution in [3.05, 3.63) is 65.2 Å². The van der Waals surface area contributed by atoms with Gasteiger partial charge in [0.15, 0.2) is 0 Å². The second-order valence-electron chi connectivity index (χ2n) is 6.98. The van der Waals surface area contributed by atoms with Gasteiger partial charge in [-0.1, -0.05) is 30.3 Å². The van der Waals surface area contributed by atoms with Crippen molar-refractivity contribution in [2.24, 2.45) is 0 Å². The summed E-state index contributed by atoms with van der Waals surface area (Å²) in [6.45, 7) is 3.63. The zero-order valence-corrected chi connectivity index (χ0v) is 16.2. The molecule has 4 N–H and O–H groups in total. The van der Waals surface area contributed by atoms with Gasteiger partial charge in [0.1, 0.15) is 5.54 Å². The maximum atomic E-state index is 12.2. The number of imide groups is 1. The van der Waals surface area contributed by atoms with E-state index in [0.717, 1.165) is 5.56 Å². The first-order valence-corrected chi connectivity index (χ1v) is 9.17. The molecule has 29 heavy (non-hydrogen) atoms. The van der Waals surface area contributed by atoms with Crippen LogP contribution in [0.25, 0.3) is 0 Å². The summed E-state index contributed by atoms with van der Waals surface area (Å²) in [5.74, 6) is -0.962. The molecule has 0 bridgehead atoms. The molecule has 1 aliphatic rings. The quantitative estimate of drug-likeness (QED) is 0.559. The van der Waals surface area contributed by atoms with Crippen LogP contribution in [0.4, 0.5) is 10.5 Å². The van der Waals surface area contributed by atoms with Crippen molar-refractivity contribution < 1.29 is 19.2 Å². The summed E-state index contributed by atoms with van der Waals surface area (Å²) in [5, 5.41) is 10.3. The molecule has 3 rings (SSSR count). The summed E-state index contributed by atoms with van der Waals surface area (Å²) in [5.41, 5.74) is 1.28. The first-order chi connectivity index (χ1) is 13.8. The fraction of sp³-hybridized carbons (Fsp3) is 0.238. The maximum absolute atomic E-state index is 12.2. The summed E-state index contributed by atoms with van der Waals surface area (Å²) in [6, 6.07) is 13.4. The molecule has 1 atom stereocenters. The number of carbonyl (C=O) groups is 4. The van der Waals surface area contributed by atoms with Crippen LogP contribution < -0.4 is 21.3 Å². The molecular formula is C21H22N4O4. The lowest BCUT2D eigenvalue weighted by Gasteiger charge is -2.21. The molecule has 150 valence electrons. The Morgan fingerprint density at radius 3 is 2.52 bits per heavy atom. The van der Waals surface area contributed by atoms with E-state index >= 15 is 0 Å². The largest absolute Gasteiger partial charge is 0.352 e. The smallest absolute Gasteiger partial charge is 0.322 e. The van der Waals surface area contributed by atoms with Gasteiger partial charge in [-0.2, -0.15) is 0 Å². The van der Waals surface area contributed by atoms with Gasteiger partial charge in [-0.3, -0.25) is 19.7 Å². The average Bonchev–Trinajstić information content (AvgIpc) is 2.95. The standard InChI is InChI=1S/C21H22N4O4/c1-13-6-3-4-9-16(13)18(27)22-11-10-17(26)23-15-8-5-7-14(12-15)21(2)19(28)24-20(29)25-21/h3-9,12H,10-11H2,1-2H3,(H,22,27)(H,23,26)(H2,24,25,28,29). The van der Waals surface area contributed by atoms with Crippen molar-refractivity contribution >= 4 is 29.4 Å². The van der Waals surface area contributed by atoms with Crippen LogP contribution in [0.15, 0.2) is 48.5 Å². The number of hydrogen-bond donors (Lipinski definition) is 4. The third kappa shape index (κ3) is 4.43. The van der Waals surface area contributed by atoms with E-state index in [9.17, 15) is 19.2 Å². The van der Waals surface area contributed by atoms with Gasteiger partial charge >= 0.3 is 6.03 Å². The highest BCUT2D eigenvalue weighted by molar-refractivity contribution is 6.07. The Kier molecular flexibility index (Phi) is 5.63. The lowest BCUT2D eigenvalue weighted by Crippen LogP contribution is -2.40. The van der Waals surface area contributed by atoms with Crippen molar-refractivity contribution in [1.82, 2.24) is 16.0 Å². The Morgan fingerprint density at radius 1 is 1.07 bits per heavy atom. The Hall–Kier alpha value is -3.68. The van der Waals surface area contributed by atoms with Crippen LogP contribution in [0.1, 0.15) is 34.8 Å². The monoisotopic (exact) mass is 394 g/mol. The molecule has 0 aliphatic carbocycles. The fourth-order valence-electron chi connectivity index (χ4n) is 3.09. The van der Waals surface area contributed by atoms with E-state index in [1.165, 1.54) is 0 Å². The Labute approximate surface area is 168 Å². The van der Waals surface area contributed by atoms with Gasteiger partial charge < -0.3 is 16.0 Å². The van der Waals surface area contributed by atoms with Crippen LogP contribution in [0, 0.1) is 6.92 Å². The molecule has 8 nitrogen and oxygen atoms in total. The number of anilines is 1. The third-order valence-electron chi connectivity index (χ3n) is 4.80. The van der Waals surface area contributed by atoms with Gasteiger partial charge in [-0.25, -0.2) is 4.79 Å². The van der Waals surface area contributed by atoms with Crippen LogP contribution in [-0.4, -0.2) is 30.3 Å². The number of amides is 5. The predicted octanol–water partition coefficient (Wildman–Crippen LogP) is 1.81. The molecule has 0 saturated carbocycles. The molecule has 1 fully saturated rings. The van der Waals surface area contributed by atoms with Gasteiger partial charge in [0.25, 0.3) is 11.8 Å². The Morgan fingerprint density at radius 2 is 1.83 bits per heavy atom. The minimum Gasteiger partial charge on any atom is -0.352 e. The highest BCUT2D eigenvalue weighted by Gasteiger charge is 2.43. The van der Waals surface area contributed by atoms with Crippen molar-refractivity contribution in [2.45, 2.75) is 25.8 Å². The first-order valence-electron chi connectivity index (χ1n) is 9.17. The summed E-state index contributed by atoms with van der Waals surface area (Å²) >= 11 is 0. The Balaban J connectivity index is 1.56. The van der Waals surface area contributed by atoms with Gasteiger partial charge in [-0.05, 0) is 43.2 Å². The predicted molar refractivity (Wildman–Crippen MR) is 107 cm³/mol. The van der Waals surface area contributed by atoms with Crippen LogP contribution in [-0.2, 0) is 15.1 Å². The van der Waals surface area contributed by atoms with Crippen molar-refractivity contribution in [3.63, 3.8) is 0 Å². The first kappa shape index (κ1) is 20.1. The zero-order valence-electron chi connectivity index (χ0n) is 16.2. The molecule has 8 heteroatoms. The SMILES string of the molecule is Cc1ccccc1C(=O)NCCC(=O)Nc1cccc(C2(C)NC(=O)NC2=O)c1. The summed E-state index contributed by atoms with van der Waals surface area (Å²) < 4.78 is 0. The zero-order chi connectivity index (χ0) is 21.0. The molecule has 1 saturated heterocycles. The van der Waals surface area contributed by atoms with Crippen molar-refractivity contribution in [3.8, 4) is 0 Å². The maximum Gasteiger partial charge on any atom is 0.322 e. The highest BCUT2D eigenvalue weighted by Crippen LogP contribution is 2.26. The lowest BCUT2D eigenvalue weighted by molar-refractivity contribution is -0.123. The molecule has 0 radical (unpaired) electrons. The molecule has 0 aromatic heterocycles. The second-order valence-corrected chi connectivity index (χ2v) is 6.98. The molecule has 2 aromatic rings. The van der Waals surface area contributed by atoms with E-state index in [2.05, 4.69) is 21.3 Å². The topological polar surface area (TPSA) is 116 Å². The van der Waals surface area contributed by atoms with E-state index in [0.29, 0.717) is 16.8 Å². The number of carbonyl (C=O) groups excluding carboxylic acids is 4. The minimum atomic E-state index is -1.20.